The van der Waals surface area contributed by atoms with Crippen molar-refractivity contribution in [2.75, 3.05) is 41.0 Å². The number of aliphatic hydroxyl groups is 1. The Balaban J connectivity index is 0.000000648. The molecule has 5 heteroatoms. The Bertz CT molecular complexity index is 535. The predicted octanol–water partition coefficient (Wildman–Crippen LogP) is 3.55. The highest BCUT2D eigenvalue weighted by molar-refractivity contribution is 5.55. The lowest BCUT2D eigenvalue weighted by atomic mass is 10.1. The minimum absolute atomic E-state index is 0.142. The molecule has 5 nitrogen and oxygen atoms in total. The summed E-state index contributed by atoms with van der Waals surface area (Å²) >= 11 is 0. The molecule has 0 aromatic heterocycles. The van der Waals surface area contributed by atoms with Gasteiger partial charge in [-0.05, 0) is 24.6 Å². The minimum atomic E-state index is 0.142. The molecule has 0 heterocycles. The minimum Gasteiger partial charge on any atom is -0.493 e. The van der Waals surface area contributed by atoms with Gasteiger partial charge >= 0.3 is 0 Å². The van der Waals surface area contributed by atoms with Gasteiger partial charge in [-0.15, -0.1) is 0 Å². The van der Waals surface area contributed by atoms with Crippen LogP contribution in [-0.4, -0.2) is 46.1 Å². The standard InChI is InChI=1S/C13H21NO4.C6H6.C2H6/c1-16-11-5-4-10(6-7-14-8-9-15)12(17-2)13(11)18-3;1-2-4-6-5-3-1;1-2/h4-5,14-15H,6-9H2,1-3H3;1-6H;1-2H3. The lowest BCUT2D eigenvalue weighted by molar-refractivity contribution is 0.292. The molecule has 0 aliphatic carbocycles. The van der Waals surface area contributed by atoms with Crippen LogP contribution in [0.2, 0.25) is 0 Å². The van der Waals surface area contributed by atoms with Crippen molar-refractivity contribution in [2.45, 2.75) is 20.3 Å². The van der Waals surface area contributed by atoms with Crippen LogP contribution in [0.5, 0.6) is 17.2 Å². The second-order valence-corrected chi connectivity index (χ2v) is 4.87. The molecule has 0 spiro atoms. The summed E-state index contributed by atoms with van der Waals surface area (Å²) in [5.41, 5.74) is 1.04. The molecule has 2 aromatic carbocycles. The first-order valence-corrected chi connectivity index (χ1v) is 8.87. The van der Waals surface area contributed by atoms with Gasteiger partial charge in [0.2, 0.25) is 5.75 Å². The molecule has 0 saturated carbocycles. The monoisotopic (exact) mass is 363 g/mol. The van der Waals surface area contributed by atoms with Gasteiger partial charge < -0.3 is 24.6 Å². The second kappa shape index (κ2) is 16.2. The van der Waals surface area contributed by atoms with Gasteiger partial charge in [-0.1, -0.05) is 56.3 Å². The molecule has 0 bridgehead atoms. The van der Waals surface area contributed by atoms with Crippen LogP contribution < -0.4 is 19.5 Å². The predicted molar refractivity (Wildman–Crippen MR) is 108 cm³/mol. The van der Waals surface area contributed by atoms with Gasteiger partial charge in [-0.2, -0.15) is 0 Å². The molecule has 26 heavy (non-hydrogen) atoms. The average molecular weight is 363 g/mol. The highest BCUT2D eigenvalue weighted by Crippen LogP contribution is 2.39. The highest BCUT2D eigenvalue weighted by Gasteiger charge is 2.15. The zero-order chi connectivity index (χ0) is 19.6. The highest BCUT2D eigenvalue weighted by atomic mass is 16.5. The van der Waals surface area contributed by atoms with E-state index in [-0.39, 0.29) is 6.61 Å². The van der Waals surface area contributed by atoms with Gasteiger partial charge in [0.15, 0.2) is 11.5 Å². The molecule has 0 atom stereocenters. The summed E-state index contributed by atoms with van der Waals surface area (Å²) in [5.74, 6) is 1.96. The lowest BCUT2D eigenvalue weighted by Gasteiger charge is -2.15. The van der Waals surface area contributed by atoms with E-state index in [1.165, 1.54) is 0 Å². The van der Waals surface area contributed by atoms with E-state index in [9.17, 15) is 0 Å². The Morgan fingerprint density at radius 1 is 0.769 bits per heavy atom. The molecule has 0 unspecified atom stereocenters. The first-order chi connectivity index (χ1) is 12.8. The largest absolute Gasteiger partial charge is 0.493 e. The maximum Gasteiger partial charge on any atom is 0.203 e. The van der Waals surface area contributed by atoms with Gasteiger partial charge in [0.25, 0.3) is 0 Å². The molecule has 0 amide bonds. The Morgan fingerprint density at radius 2 is 1.31 bits per heavy atom. The fraction of sp³-hybridized carbons (Fsp3) is 0.429. The van der Waals surface area contributed by atoms with Crippen LogP contribution in [0.25, 0.3) is 0 Å². The number of aliphatic hydroxyl groups excluding tert-OH is 1. The summed E-state index contributed by atoms with van der Waals surface area (Å²) in [6.07, 6.45) is 0.795. The normalized spacial score (nSPS) is 9.15. The number of benzene rings is 2. The van der Waals surface area contributed by atoms with E-state index >= 15 is 0 Å². The van der Waals surface area contributed by atoms with Crippen molar-refractivity contribution in [2.24, 2.45) is 0 Å². The van der Waals surface area contributed by atoms with Crippen molar-refractivity contribution in [1.29, 1.82) is 0 Å². The SMILES string of the molecule is CC.COc1ccc(CCNCCO)c(OC)c1OC.c1ccccc1. The van der Waals surface area contributed by atoms with Crippen molar-refractivity contribution in [1.82, 2.24) is 5.32 Å². The molecular formula is C21H33NO4. The molecule has 0 aliphatic heterocycles. The van der Waals surface area contributed by atoms with Gasteiger partial charge in [0, 0.05) is 6.54 Å². The van der Waals surface area contributed by atoms with Gasteiger partial charge in [-0.25, -0.2) is 0 Å². The molecule has 0 aliphatic rings. The number of nitrogens with one attached hydrogen (secondary N) is 1. The number of hydrogen-bond donors (Lipinski definition) is 2. The van der Waals surface area contributed by atoms with Crippen molar-refractivity contribution in [3.63, 3.8) is 0 Å². The summed E-state index contributed by atoms with van der Waals surface area (Å²) in [5, 5.41) is 11.8. The topological polar surface area (TPSA) is 60.0 Å². The summed E-state index contributed by atoms with van der Waals surface area (Å²) in [4.78, 5) is 0. The molecule has 0 radical (unpaired) electrons. The van der Waals surface area contributed by atoms with Gasteiger partial charge in [0.1, 0.15) is 0 Å². The van der Waals surface area contributed by atoms with Crippen molar-refractivity contribution < 1.29 is 19.3 Å². The third kappa shape index (κ3) is 8.74. The Morgan fingerprint density at radius 3 is 1.73 bits per heavy atom. The molecule has 0 fully saturated rings. The van der Waals surface area contributed by atoms with E-state index < -0.39 is 0 Å². The summed E-state index contributed by atoms with van der Waals surface area (Å²) in [6.45, 7) is 5.51. The maximum atomic E-state index is 8.69. The summed E-state index contributed by atoms with van der Waals surface area (Å²) in [6, 6.07) is 15.8. The average Bonchev–Trinajstić information content (AvgIpc) is 2.73. The fourth-order valence-corrected chi connectivity index (χ4v) is 2.17. The van der Waals surface area contributed by atoms with E-state index in [0.29, 0.717) is 23.8 Å². The van der Waals surface area contributed by atoms with Crippen LogP contribution in [0.4, 0.5) is 0 Å². The second-order valence-electron chi connectivity index (χ2n) is 4.87. The van der Waals surface area contributed by atoms with Crippen LogP contribution in [0, 0.1) is 0 Å². The first kappa shape index (κ1) is 23.8. The van der Waals surface area contributed by atoms with E-state index in [1.807, 2.05) is 62.4 Å². The van der Waals surface area contributed by atoms with E-state index in [1.54, 1.807) is 21.3 Å². The van der Waals surface area contributed by atoms with E-state index in [0.717, 1.165) is 18.5 Å². The molecule has 2 aromatic rings. The maximum absolute atomic E-state index is 8.69. The molecule has 0 saturated heterocycles. The zero-order valence-electron chi connectivity index (χ0n) is 16.6. The molecule has 2 N–H and O–H groups in total. The Labute approximate surface area is 157 Å². The zero-order valence-corrected chi connectivity index (χ0v) is 16.6. The number of methoxy groups -OCH3 is 3. The third-order valence-electron chi connectivity index (χ3n) is 3.31. The quantitative estimate of drug-likeness (QED) is 0.703. The lowest BCUT2D eigenvalue weighted by Crippen LogP contribution is -2.21. The van der Waals surface area contributed by atoms with E-state index in [2.05, 4.69) is 5.32 Å². The van der Waals surface area contributed by atoms with Crippen LogP contribution in [0.1, 0.15) is 19.4 Å². The number of hydrogen-bond acceptors (Lipinski definition) is 5. The Kier molecular flexibility index (Phi) is 14.8. The third-order valence-corrected chi connectivity index (χ3v) is 3.31. The fourth-order valence-electron chi connectivity index (χ4n) is 2.17. The number of ether oxygens (including phenoxy) is 3. The van der Waals surface area contributed by atoms with Crippen LogP contribution >= 0.6 is 0 Å². The molecule has 2 rings (SSSR count). The van der Waals surface area contributed by atoms with Crippen molar-refractivity contribution >= 4 is 0 Å². The van der Waals surface area contributed by atoms with Crippen LogP contribution in [0.15, 0.2) is 48.5 Å². The summed E-state index contributed by atoms with van der Waals surface area (Å²) < 4.78 is 15.9. The van der Waals surface area contributed by atoms with Gasteiger partial charge in [-0.3, -0.25) is 0 Å². The summed E-state index contributed by atoms with van der Waals surface area (Å²) in [7, 11) is 4.80. The first-order valence-electron chi connectivity index (χ1n) is 8.87. The van der Waals surface area contributed by atoms with Crippen LogP contribution in [-0.2, 0) is 6.42 Å². The van der Waals surface area contributed by atoms with Gasteiger partial charge in [0.05, 0.1) is 27.9 Å². The number of rotatable bonds is 8. The molecular weight excluding hydrogens is 330 g/mol. The van der Waals surface area contributed by atoms with Crippen molar-refractivity contribution in [3.05, 3.63) is 54.1 Å². The van der Waals surface area contributed by atoms with E-state index in [4.69, 9.17) is 19.3 Å². The van der Waals surface area contributed by atoms with Crippen LogP contribution in [0.3, 0.4) is 0 Å². The van der Waals surface area contributed by atoms with Crippen molar-refractivity contribution in [3.8, 4) is 17.2 Å². The molecule has 146 valence electrons. The smallest absolute Gasteiger partial charge is 0.203 e. The Hall–Kier alpha value is -2.24.